The van der Waals surface area contributed by atoms with Crippen molar-refractivity contribution in [3.63, 3.8) is 0 Å². The molecule has 0 atom stereocenters. The predicted octanol–water partition coefficient (Wildman–Crippen LogP) is 2.97. The number of halogens is 1. The first-order valence-electron chi connectivity index (χ1n) is 6.64. The molecule has 1 heterocycles. The van der Waals surface area contributed by atoms with Crippen molar-refractivity contribution in [1.29, 1.82) is 0 Å². The molecule has 0 bridgehead atoms. The molecule has 0 amide bonds. The second-order valence-electron chi connectivity index (χ2n) is 4.93. The molecule has 1 aromatic heterocycles. The number of hydrogen-bond acceptors (Lipinski definition) is 5. The number of benzene rings is 1. The maximum absolute atomic E-state index is 5.68. The number of ether oxygens (including phenoxy) is 1. The zero-order valence-corrected chi connectivity index (χ0v) is 12.8. The van der Waals surface area contributed by atoms with E-state index in [9.17, 15) is 0 Å². The van der Waals surface area contributed by atoms with E-state index in [2.05, 4.69) is 31.4 Å². The molecule has 0 unspecified atom stereocenters. The number of aromatic nitrogens is 2. The summed E-state index contributed by atoms with van der Waals surface area (Å²) >= 11 is 3.56. The van der Waals surface area contributed by atoms with Crippen LogP contribution in [0.25, 0.3) is 0 Å². The van der Waals surface area contributed by atoms with Crippen molar-refractivity contribution in [2.24, 2.45) is 0 Å². The Morgan fingerprint density at radius 3 is 3.00 bits per heavy atom. The number of nitrogens with zero attached hydrogens (tertiary/aromatic N) is 2. The lowest BCUT2D eigenvalue weighted by Gasteiger charge is -2.09. The zero-order valence-electron chi connectivity index (χ0n) is 11.2. The van der Waals surface area contributed by atoms with Gasteiger partial charge in [0.05, 0.1) is 0 Å². The number of rotatable bonds is 6. The summed E-state index contributed by atoms with van der Waals surface area (Å²) in [6.45, 7) is 2.92. The van der Waals surface area contributed by atoms with Crippen molar-refractivity contribution in [3.8, 4) is 5.75 Å². The van der Waals surface area contributed by atoms with E-state index in [0.717, 1.165) is 16.8 Å². The van der Waals surface area contributed by atoms with E-state index in [1.54, 1.807) is 6.92 Å². The van der Waals surface area contributed by atoms with E-state index in [-0.39, 0.29) is 6.61 Å². The van der Waals surface area contributed by atoms with Crippen LogP contribution in [0.15, 0.2) is 27.2 Å². The maximum Gasteiger partial charge on any atom is 0.264 e. The highest BCUT2D eigenvalue weighted by Gasteiger charge is 2.20. The predicted molar refractivity (Wildman–Crippen MR) is 77.4 cm³/mol. The highest BCUT2D eigenvalue weighted by atomic mass is 79.9. The van der Waals surface area contributed by atoms with E-state index in [0.29, 0.717) is 17.8 Å². The number of hydrogen-bond donors (Lipinski definition) is 1. The van der Waals surface area contributed by atoms with Crippen LogP contribution in [0, 0.1) is 6.92 Å². The highest BCUT2D eigenvalue weighted by Crippen LogP contribution is 2.25. The molecular formula is C14H16BrN3O2. The van der Waals surface area contributed by atoms with Gasteiger partial charge in [0.1, 0.15) is 5.75 Å². The number of aryl methyl sites for hydroxylation is 1. The lowest BCUT2D eigenvalue weighted by Crippen LogP contribution is -2.15. The van der Waals surface area contributed by atoms with Gasteiger partial charge in [-0.25, -0.2) is 0 Å². The lowest BCUT2D eigenvalue weighted by molar-refractivity contribution is 0.242. The molecule has 3 rings (SSSR count). The lowest BCUT2D eigenvalue weighted by atomic mass is 10.2. The molecule has 106 valence electrons. The van der Waals surface area contributed by atoms with E-state index in [4.69, 9.17) is 9.26 Å². The Hall–Kier alpha value is -1.40. The van der Waals surface area contributed by atoms with Gasteiger partial charge in [-0.1, -0.05) is 21.1 Å². The van der Waals surface area contributed by atoms with Crippen LogP contribution in [0.4, 0.5) is 0 Å². The van der Waals surface area contributed by atoms with Crippen molar-refractivity contribution in [3.05, 3.63) is 40.0 Å². The summed E-state index contributed by atoms with van der Waals surface area (Å²) in [5.41, 5.74) is 1.19. The largest absolute Gasteiger partial charge is 0.484 e. The molecule has 0 spiro atoms. The van der Waals surface area contributed by atoms with Gasteiger partial charge in [-0.2, -0.15) is 4.98 Å². The van der Waals surface area contributed by atoms with Crippen LogP contribution in [0.3, 0.4) is 0 Å². The molecule has 6 heteroatoms. The van der Waals surface area contributed by atoms with Crippen molar-refractivity contribution in [1.82, 2.24) is 15.5 Å². The van der Waals surface area contributed by atoms with Crippen LogP contribution >= 0.6 is 15.9 Å². The molecule has 0 aliphatic heterocycles. The summed E-state index contributed by atoms with van der Waals surface area (Å²) in [6, 6.07) is 6.64. The minimum Gasteiger partial charge on any atom is -0.484 e. The second kappa shape index (κ2) is 5.93. The molecule has 0 radical (unpaired) electrons. The number of nitrogens with one attached hydrogen (secondary N) is 1. The van der Waals surface area contributed by atoms with Gasteiger partial charge in [-0.15, -0.1) is 0 Å². The van der Waals surface area contributed by atoms with Crippen molar-refractivity contribution in [2.45, 2.75) is 39.0 Å². The SMILES string of the molecule is Cc1noc(COc2ccc(Br)c(CNC3CC3)c2)n1. The van der Waals surface area contributed by atoms with Crippen molar-refractivity contribution < 1.29 is 9.26 Å². The van der Waals surface area contributed by atoms with E-state index >= 15 is 0 Å². The first-order valence-corrected chi connectivity index (χ1v) is 7.44. The standard InChI is InChI=1S/C14H16BrN3O2/c1-9-17-14(20-18-9)8-19-12-4-5-13(15)10(6-12)7-16-11-2-3-11/h4-6,11,16H,2-3,7-8H2,1H3. The third-order valence-corrected chi connectivity index (χ3v) is 3.88. The van der Waals surface area contributed by atoms with Crippen LogP contribution in [0.2, 0.25) is 0 Å². The van der Waals surface area contributed by atoms with Crippen LogP contribution in [0.5, 0.6) is 5.75 Å². The Balaban J connectivity index is 1.61. The normalized spacial score (nSPS) is 14.5. The Kier molecular flexibility index (Phi) is 4.03. The topological polar surface area (TPSA) is 60.2 Å². The molecule has 1 aliphatic rings. The molecule has 1 saturated carbocycles. The quantitative estimate of drug-likeness (QED) is 0.877. The van der Waals surface area contributed by atoms with Crippen LogP contribution in [-0.2, 0) is 13.2 Å². The summed E-state index contributed by atoms with van der Waals surface area (Å²) in [4.78, 5) is 4.11. The van der Waals surface area contributed by atoms with Crippen LogP contribution < -0.4 is 10.1 Å². The Bertz CT molecular complexity index is 596. The first kappa shape index (κ1) is 13.6. The van der Waals surface area contributed by atoms with Crippen LogP contribution in [0.1, 0.15) is 30.1 Å². The average Bonchev–Trinajstić information content (AvgIpc) is 3.18. The summed E-state index contributed by atoms with van der Waals surface area (Å²) in [5.74, 6) is 1.91. The van der Waals surface area contributed by atoms with Gasteiger partial charge in [0.25, 0.3) is 5.89 Å². The third-order valence-electron chi connectivity index (χ3n) is 3.11. The fraction of sp³-hybridized carbons (Fsp3) is 0.429. The van der Waals surface area contributed by atoms with E-state index in [1.807, 2.05) is 18.2 Å². The minimum atomic E-state index is 0.290. The molecule has 1 aliphatic carbocycles. The fourth-order valence-electron chi connectivity index (χ4n) is 1.86. The molecule has 0 saturated heterocycles. The Morgan fingerprint density at radius 1 is 1.45 bits per heavy atom. The smallest absolute Gasteiger partial charge is 0.264 e. The molecule has 5 nitrogen and oxygen atoms in total. The van der Waals surface area contributed by atoms with Gasteiger partial charge in [0.15, 0.2) is 12.4 Å². The zero-order chi connectivity index (χ0) is 13.9. The molecule has 20 heavy (non-hydrogen) atoms. The third kappa shape index (κ3) is 3.58. The Labute approximate surface area is 125 Å². The van der Waals surface area contributed by atoms with Gasteiger partial charge in [-0.05, 0) is 43.5 Å². The van der Waals surface area contributed by atoms with Crippen molar-refractivity contribution in [2.75, 3.05) is 0 Å². The highest BCUT2D eigenvalue weighted by molar-refractivity contribution is 9.10. The second-order valence-corrected chi connectivity index (χ2v) is 5.79. The Morgan fingerprint density at radius 2 is 2.30 bits per heavy atom. The maximum atomic E-state index is 5.68. The van der Waals surface area contributed by atoms with E-state index in [1.165, 1.54) is 18.4 Å². The summed E-state index contributed by atoms with van der Waals surface area (Å²) in [7, 11) is 0. The van der Waals surface area contributed by atoms with Gasteiger partial charge in [0.2, 0.25) is 0 Å². The molecule has 1 aromatic carbocycles. The van der Waals surface area contributed by atoms with Crippen LogP contribution in [-0.4, -0.2) is 16.2 Å². The monoisotopic (exact) mass is 337 g/mol. The fourth-order valence-corrected chi connectivity index (χ4v) is 2.25. The molecule has 1 fully saturated rings. The molecule has 2 aromatic rings. The summed E-state index contributed by atoms with van der Waals surface area (Å²) in [6.07, 6.45) is 2.56. The molecule has 1 N–H and O–H groups in total. The van der Waals surface area contributed by atoms with E-state index < -0.39 is 0 Å². The van der Waals surface area contributed by atoms with Gasteiger partial charge in [0, 0.05) is 17.1 Å². The minimum absolute atomic E-state index is 0.290. The van der Waals surface area contributed by atoms with Crippen molar-refractivity contribution >= 4 is 15.9 Å². The van der Waals surface area contributed by atoms with Gasteiger partial charge >= 0.3 is 0 Å². The molecular weight excluding hydrogens is 322 g/mol. The van der Waals surface area contributed by atoms with Gasteiger partial charge in [-0.3, -0.25) is 0 Å². The summed E-state index contributed by atoms with van der Waals surface area (Å²) < 4.78 is 11.8. The average molecular weight is 338 g/mol. The summed E-state index contributed by atoms with van der Waals surface area (Å²) in [5, 5.41) is 7.22. The first-order chi connectivity index (χ1) is 9.70. The van der Waals surface area contributed by atoms with Gasteiger partial charge < -0.3 is 14.6 Å².